The van der Waals surface area contributed by atoms with Crippen LogP contribution in [0.5, 0.6) is 5.75 Å². The molecule has 0 aliphatic carbocycles. The van der Waals surface area contributed by atoms with Crippen LogP contribution in [0.25, 0.3) is 11.3 Å². The molecule has 7 nitrogen and oxygen atoms in total. The van der Waals surface area contributed by atoms with Gasteiger partial charge in [-0.3, -0.25) is 14.6 Å². The van der Waals surface area contributed by atoms with Crippen LogP contribution in [-0.2, 0) is 6.54 Å². The number of pyridine rings is 1. The number of benzene rings is 1. The van der Waals surface area contributed by atoms with Gasteiger partial charge in [0.05, 0.1) is 5.69 Å². The molecule has 0 aliphatic rings. The molecule has 2 heterocycles. The second-order valence-electron chi connectivity index (χ2n) is 5.08. The van der Waals surface area contributed by atoms with E-state index in [1.165, 1.54) is 18.2 Å². The fraction of sp³-hybridized carbons (Fsp3) is 0.0588. The molecule has 24 heavy (non-hydrogen) atoms. The third kappa shape index (κ3) is 3.46. The standard InChI is InChI=1S/C17H14N4O3/c22-13-3-1-12(2-4-13)15-9-14(17(24)21-20-15)16(23)19-10-11-5-7-18-8-6-11/h1-9,22H,10H2,(H,19,23)(H,21,24). The van der Waals surface area contributed by atoms with Gasteiger partial charge in [-0.05, 0) is 48.0 Å². The van der Waals surface area contributed by atoms with Gasteiger partial charge in [0.1, 0.15) is 11.3 Å². The number of rotatable bonds is 4. The number of hydrogen-bond acceptors (Lipinski definition) is 5. The number of amides is 1. The molecule has 3 rings (SSSR count). The number of aromatic hydroxyl groups is 1. The smallest absolute Gasteiger partial charge is 0.277 e. The van der Waals surface area contributed by atoms with Crippen molar-refractivity contribution in [2.24, 2.45) is 0 Å². The molecule has 0 saturated carbocycles. The highest BCUT2D eigenvalue weighted by Crippen LogP contribution is 2.19. The number of nitrogens with zero attached hydrogens (tertiary/aromatic N) is 2. The Hall–Kier alpha value is -3.48. The maximum absolute atomic E-state index is 12.3. The fourth-order valence-corrected chi connectivity index (χ4v) is 2.13. The Bertz CT molecular complexity index is 905. The largest absolute Gasteiger partial charge is 0.508 e. The molecule has 0 saturated heterocycles. The number of hydrogen-bond donors (Lipinski definition) is 3. The Kier molecular flexibility index (Phi) is 4.33. The summed E-state index contributed by atoms with van der Waals surface area (Å²) in [5, 5.41) is 18.3. The van der Waals surface area contributed by atoms with Crippen molar-refractivity contribution in [3.05, 3.63) is 76.3 Å². The second kappa shape index (κ2) is 6.74. The maximum Gasteiger partial charge on any atom is 0.277 e. The average molecular weight is 322 g/mol. The molecule has 0 atom stereocenters. The van der Waals surface area contributed by atoms with Crippen molar-refractivity contribution in [1.29, 1.82) is 0 Å². The van der Waals surface area contributed by atoms with E-state index < -0.39 is 11.5 Å². The van der Waals surface area contributed by atoms with E-state index in [-0.39, 0.29) is 17.9 Å². The zero-order chi connectivity index (χ0) is 16.9. The molecule has 2 aromatic heterocycles. The van der Waals surface area contributed by atoms with Crippen molar-refractivity contribution in [1.82, 2.24) is 20.5 Å². The van der Waals surface area contributed by atoms with Gasteiger partial charge in [-0.1, -0.05) is 0 Å². The van der Waals surface area contributed by atoms with Crippen molar-refractivity contribution in [2.75, 3.05) is 0 Å². The molecule has 120 valence electrons. The van der Waals surface area contributed by atoms with Gasteiger partial charge in [0, 0.05) is 24.5 Å². The third-order valence-electron chi connectivity index (χ3n) is 3.41. The van der Waals surface area contributed by atoms with Crippen LogP contribution in [-0.4, -0.2) is 26.2 Å². The molecule has 0 unspecified atom stereocenters. The number of H-pyrrole nitrogens is 1. The summed E-state index contributed by atoms with van der Waals surface area (Å²) in [5.41, 5.74) is 1.39. The lowest BCUT2D eigenvalue weighted by atomic mass is 10.1. The monoisotopic (exact) mass is 322 g/mol. The lowest BCUT2D eigenvalue weighted by Crippen LogP contribution is -2.29. The molecule has 3 N–H and O–H groups in total. The molecule has 3 aromatic rings. The molecule has 0 radical (unpaired) electrons. The predicted octanol–water partition coefficient (Wildman–Crippen LogP) is 1.47. The van der Waals surface area contributed by atoms with E-state index in [4.69, 9.17) is 0 Å². The number of phenols is 1. The van der Waals surface area contributed by atoms with E-state index in [0.717, 1.165) is 5.56 Å². The molecular formula is C17H14N4O3. The first-order chi connectivity index (χ1) is 11.6. The van der Waals surface area contributed by atoms with Crippen molar-refractivity contribution in [3.8, 4) is 17.0 Å². The van der Waals surface area contributed by atoms with E-state index in [9.17, 15) is 14.7 Å². The Labute approximate surface area is 137 Å². The first-order valence-corrected chi connectivity index (χ1v) is 7.20. The highest BCUT2D eigenvalue weighted by Gasteiger charge is 2.13. The highest BCUT2D eigenvalue weighted by molar-refractivity contribution is 5.94. The minimum Gasteiger partial charge on any atom is -0.508 e. The normalized spacial score (nSPS) is 10.3. The number of carbonyl (C=O) groups is 1. The van der Waals surface area contributed by atoms with Crippen LogP contribution in [0.15, 0.2) is 59.7 Å². The quantitative estimate of drug-likeness (QED) is 0.674. The molecular weight excluding hydrogens is 308 g/mol. The van der Waals surface area contributed by atoms with Gasteiger partial charge in [-0.15, -0.1) is 0 Å². The van der Waals surface area contributed by atoms with Gasteiger partial charge in [-0.2, -0.15) is 5.10 Å². The predicted molar refractivity (Wildman–Crippen MR) is 87.4 cm³/mol. The summed E-state index contributed by atoms with van der Waals surface area (Å²) in [4.78, 5) is 28.0. The zero-order valence-electron chi connectivity index (χ0n) is 12.6. The summed E-state index contributed by atoms with van der Waals surface area (Å²) in [6.07, 6.45) is 3.26. The van der Waals surface area contributed by atoms with Crippen LogP contribution in [0.2, 0.25) is 0 Å². The van der Waals surface area contributed by atoms with Crippen LogP contribution >= 0.6 is 0 Å². The lowest BCUT2D eigenvalue weighted by Gasteiger charge is -2.06. The Balaban J connectivity index is 1.82. The highest BCUT2D eigenvalue weighted by atomic mass is 16.3. The Morgan fingerprint density at radius 1 is 1.12 bits per heavy atom. The maximum atomic E-state index is 12.3. The van der Waals surface area contributed by atoms with E-state index in [1.54, 1.807) is 36.7 Å². The van der Waals surface area contributed by atoms with Gasteiger partial charge in [0.2, 0.25) is 0 Å². The van der Waals surface area contributed by atoms with Crippen LogP contribution in [0.4, 0.5) is 0 Å². The number of aromatic nitrogens is 3. The van der Waals surface area contributed by atoms with Crippen molar-refractivity contribution < 1.29 is 9.90 Å². The van der Waals surface area contributed by atoms with Crippen LogP contribution in [0.1, 0.15) is 15.9 Å². The van der Waals surface area contributed by atoms with E-state index in [0.29, 0.717) is 11.3 Å². The fourth-order valence-electron chi connectivity index (χ4n) is 2.13. The summed E-state index contributed by atoms with van der Waals surface area (Å²) < 4.78 is 0. The topological polar surface area (TPSA) is 108 Å². The van der Waals surface area contributed by atoms with Crippen molar-refractivity contribution in [3.63, 3.8) is 0 Å². The van der Waals surface area contributed by atoms with Gasteiger partial charge >= 0.3 is 0 Å². The second-order valence-corrected chi connectivity index (χ2v) is 5.08. The van der Waals surface area contributed by atoms with Crippen molar-refractivity contribution in [2.45, 2.75) is 6.54 Å². The van der Waals surface area contributed by atoms with Gasteiger partial charge < -0.3 is 10.4 Å². The summed E-state index contributed by atoms with van der Waals surface area (Å²) >= 11 is 0. The zero-order valence-corrected chi connectivity index (χ0v) is 12.6. The summed E-state index contributed by atoms with van der Waals surface area (Å²) in [7, 11) is 0. The molecule has 1 amide bonds. The Morgan fingerprint density at radius 2 is 1.83 bits per heavy atom. The Morgan fingerprint density at radius 3 is 2.54 bits per heavy atom. The van der Waals surface area contributed by atoms with Crippen LogP contribution in [0.3, 0.4) is 0 Å². The van der Waals surface area contributed by atoms with Crippen molar-refractivity contribution >= 4 is 5.91 Å². The molecule has 0 fully saturated rings. The molecule has 0 spiro atoms. The third-order valence-corrected chi connectivity index (χ3v) is 3.41. The SMILES string of the molecule is O=C(NCc1ccncc1)c1cc(-c2ccc(O)cc2)n[nH]c1=O. The number of carbonyl (C=O) groups excluding carboxylic acids is 1. The minimum absolute atomic E-state index is 0.0258. The first-order valence-electron chi connectivity index (χ1n) is 7.20. The number of aromatic amines is 1. The summed E-state index contributed by atoms with van der Waals surface area (Å²) in [5.74, 6) is -0.367. The first kappa shape index (κ1) is 15.4. The van der Waals surface area contributed by atoms with Gasteiger partial charge in [0.25, 0.3) is 11.5 Å². The number of phenolic OH excluding ortho intramolecular Hbond substituents is 1. The number of nitrogens with one attached hydrogen (secondary N) is 2. The lowest BCUT2D eigenvalue weighted by molar-refractivity contribution is 0.0949. The van der Waals surface area contributed by atoms with Gasteiger partial charge in [0.15, 0.2) is 0 Å². The summed E-state index contributed by atoms with van der Waals surface area (Å²) in [6.45, 7) is 0.289. The molecule has 0 aliphatic heterocycles. The molecule has 7 heteroatoms. The van der Waals surface area contributed by atoms with Crippen LogP contribution in [0, 0.1) is 0 Å². The minimum atomic E-state index is -0.565. The van der Waals surface area contributed by atoms with E-state index in [2.05, 4.69) is 20.5 Å². The van der Waals surface area contributed by atoms with Gasteiger partial charge in [-0.25, -0.2) is 5.10 Å². The van der Waals surface area contributed by atoms with E-state index >= 15 is 0 Å². The molecule has 1 aromatic carbocycles. The average Bonchev–Trinajstić information content (AvgIpc) is 2.62. The van der Waals surface area contributed by atoms with E-state index in [1.807, 2.05) is 0 Å². The molecule has 0 bridgehead atoms. The summed E-state index contributed by atoms with van der Waals surface area (Å²) in [6, 6.07) is 11.3. The van der Waals surface area contributed by atoms with Crippen LogP contribution < -0.4 is 10.9 Å².